The van der Waals surface area contributed by atoms with Gasteiger partial charge < -0.3 is 4.90 Å². The highest BCUT2D eigenvalue weighted by molar-refractivity contribution is 8.26. The lowest BCUT2D eigenvalue weighted by molar-refractivity contribution is -0.121. The van der Waals surface area contributed by atoms with E-state index in [4.69, 9.17) is 12.2 Å². The van der Waals surface area contributed by atoms with Gasteiger partial charge in [0.2, 0.25) is 0 Å². The Labute approximate surface area is 136 Å². The minimum atomic E-state index is 0.0142. The molecule has 0 aromatic heterocycles. The Kier molecular flexibility index (Phi) is 5.42. The summed E-state index contributed by atoms with van der Waals surface area (Å²) in [5.74, 6) is 0.0142. The van der Waals surface area contributed by atoms with Gasteiger partial charge in [-0.1, -0.05) is 36.1 Å². The predicted molar refractivity (Wildman–Crippen MR) is 95.6 cm³/mol. The number of benzene rings is 1. The van der Waals surface area contributed by atoms with Crippen molar-refractivity contribution in [1.29, 1.82) is 0 Å². The molecule has 1 aromatic rings. The zero-order chi connectivity index (χ0) is 15.4. The summed E-state index contributed by atoms with van der Waals surface area (Å²) in [4.78, 5) is 16.8. The molecule has 5 heteroatoms. The Hall–Kier alpha value is -1.33. The molecule has 0 N–H and O–H groups in total. The van der Waals surface area contributed by atoms with Crippen LogP contribution in [0.5, 0.6) is 0 Å². The largest absolute Gasteiger partial charge is 0.372 e. The smallest absolute Gasteiger partial charge is 0.266 e. The minimum Gasteiger partial charge on any atom is -0.372 e. The van der Waals surface area contributed by atoms with Crippen molar-refractivity contribution in [3.63, 3.8) is 0 Å². The Balaban J connectivity index is 2.19. The van der Waals surface area contributed by atoms with Crippen LogP contribution in [0.1, 0.15) is 26.3 Å². The number of nitrogens with zero attached hydrogens (tertiary/aromatic N) is 2. The summed E-state index contributed by atoms with van der Waals surface area (Å²) in [5, 5.41) is 0. The van der Waals surface area contributed by atoms with Crippen LogP contribution < -0.4 is 4.90 Å². The van der Waals surface area contributed by atoms with Crippen LogP contribution in [-0.4, -0.2) is 34.8 Å². The van der Waals surface area contributed by atoms with Crippen LogP contribution in [0.2, 0.25) is 0 Å². The molecule has 1 heterocycles. The van der Waals surface area contributed by atoms with Gasteiger partial charge in [0, 0.05) is 25.3 Å². The van der Waals surface area contributed by atoms with Gasteiger partial charge in [0.15, 0.2) is 0 Å². The first kappa shape index (κ1) is 16.0. The molecule has 1 aliphatic heterocycles. The first-order valence-corrected chi connectivity index (χ1v) is 8.43. The average Bonchev–Trinajstić information content (AvgIpc) is 2.76. The summed E-state index contributed by atoms with van der Waals surface area (Å²) in [6.45, 7) is 8.84. The number of thiocarbonyl (C=S) groups is 1. The lowest BCUT2D eigenvalue weighted by atomic mass is 10.1. The van der Waals surface area contributed by atoms with Crippen LogP contribution in [0.4, 0.5) is 5.69 Å². The highest BCUT2D eigenvalue weighted by atomic mass is 32.2. The van der Waals surface area contributed by atoms with Gasteiger partial charge in [0.25, 0.3) is 5.91 Å². The fourth-order valence-corrected chi connectivity index (χ4v) is 3.68. The second-order valence-electron chi connectivity index (χ2n) is 4.69. The number of rotatable bonds is 5. The summed E-state index contributed by atoms with van der Waals surface area (Å²) in [5.41, 5.74) is 2.24. The van der Waals surface area contributed by atoms with Gasteiger partial charge in [-0.25, -0.2) is 0 Å². The lowest BCUT2D eigenvalue weighted by Gasteiger charge is -2.20. The Morgan fingerprint density at radius 3 is 2.29 bits per heavy atom. The molecule has 1 amide bonds. The van der Waals surface area contributed by atoms with E-state index in [-0.39, 0.29) is 5.91 Å². The molecule has 21 heavy (non-hydrogen) atoms. The number of hydrogen-bond donors (Lipinski definition) is 0. The summed E-state index contributed by atoms with van der Waals surface area (Å²) < 4.78 is 0.647. The van der Waals surface area contributed by atoms with Gasteiger partial charge >= 0.3 is 0 Å². The van der Waals surface area contributed by atoms with E-state index in [2.05, 4.69) is 30.9 Å². The Morgan fingerprint density at radius 1 is 1.19 bits per heavy atom. The van der Waals surface area contributed by atoms with Crippen molar-refractivity contribution in [2.45, 2.75) is 20.8 Å². The van der Waals surface area contributed by atoms with Crippen molar-refractivity contribution < 1.29 is 4.79 Å². The van der Waals surface area contributed by atoms with E-state index in [1.165, 1.54) is 17.4 Å². The number of amides is 1. The zero-order valence-electron chi connectivity index (χ0n) is 12.6. The molecule has 112 valence electrons. The van der Waals surface area contributed by atoms with E-state index >= 15 is 0 Å². The summed E-state index contributed by atoms with van der Waals surface area (Å²) >= 11 is 6.60. The van der Waals surface area contributed by atoms with E-state index < -0.39 is 0 Å². The van der Waals surface area contributed by atoms with Crippen molar-refractivity contribution in [3.8, 4) is 0 Å². The maximum absolute atomic E-state index is 12.2. The highest BCUT2D eigenvalue weighted by Crippen LogP contribution is 2.32. The summed E-state index contributed by atoms with van der Waals surface area (Å²) in [6, 6.07) is 8.29. The lowest BCUT2D eigenvalue weighted by Crippen LogP contribution is -2.27. The van der Waals surface area contributed by atoms with Crippen LogP contribution in [-0.2, 0) is 4.79 Å². The molecule has 1 fully saturated rings. The maximum Gasteiger partial charge on any atom is 0.266 e. The number of carbonyl (C=O) groups is 1. The third-order valence-corrected chi connectivity index (χ3v) is 4.89. The quantitative estimate of drug-likeness (QED) is 0.609. The Morgan fingerprint density at radius 2 is 1.81 bits per heavy atom. The van der Waals surface area contributed by atoms with Crippen molar-refractivity contribution >= 4 is 46.0 Å². The number of anilines is 1. The van der Waals surface area contributed by atoms with Gasteiger partial charge in [0.1, 0.15) is 4.32 Å². The second kappa shape index (κ2) is 7.09. The normalized spacial score (nSPS) is 16.9. The molecular formula is C16H20N2OS2. The van der Waals surface area contributed by atoms with Crippen LogP contribution in [0, 0.1) is 0 Å². The van der Waals surface area contributed by atoms with Gasteiger partial charge in [-0.15, -0.1) is 0 Å². The molecule has 0 unspecified atom stereocenters. The average molecular weight is 320 g/mol. The van der Waals surface area contributed by atoms with E-state index in [9.17, 15) is 4.79 Å². The molecule has 0 saturated carbocycles. The molecule has 1 saturated heterocycles. The SMILES string of the molecule is CCN1C(=O)/C(=C\c2ccc(N(CC)CC)cc2)SC1=S. The highest BCUT2D eigenvalue weighted by Gasteiger charge is 2.30. The van der Waals surface area contributed by atoms with Gasteiger partial charge in [-0.3, -0.25) is 9.69 Å². The van der Waals surface area contributed by atoms with Crippen molar-refractivity contribution in [2.75, 3.05) is 24.5 Å². The van der Waals surface area contributed by atoms with Crippen LogP contribution >= 0.6 is 24.0 Å². The molecule has 0 atom stereocenters. The summed E-state index contributed by atoms with van der Waals surface area (Å²) in [7, 11) is 0. The minimum absolute atomic E-state index is 0.0142. The van der Waals surface area contributed by atoms with Gasteiger partial charge in [-0.05, 0) is 44.5 Å². The molecule has 3 nitrogen and oxygen atoms in total. The van der Waals surface area contributed by atoms with Crippen LogP contribution in [0.3, 0.4) is 0 Å². The molecule has 1 aliphatic rings. The predicted octanol–water partition coefficient (Wildman–Crippen LogP) is 3.75. The number of thioether (sulfide) groups is 1. The second-order valence-corrected chi connectivity index (χ2v) is 6.37. The standard InChI is InChI=1S/C16H20N2OS2/c1-4-17(5-2)13-9-7-12(8-10-13)11-14-15(19)18(6-3)16(20)21-14/h7-11H,4-6H2,1-3H3/b14-11+. The van der Waals surface area contributed by atoms with Crippen LogP contribution in [0.15, 0.2) is 29.2 Å². The van der Waals surface area contributed by atoms with Crippen molar-refractivity contribution in [2.24, 2.45) is 0 Å². The van der Waals surface area contributed by atoms with E-state index in [1.807, 2.05) is 25.1 Å². The zero-order valence-corrected chi connectivity index (χ0v) is 14.3. The van der Waals surface area contributed by atoms with E-state index in [0.29, 0.717) is 15.8 Å². The summed E-state index contributed by atoms with van der Waals surface area (Å²) in [6.07, 6.45) is 1.92. The number of likely N-dealkylation sites (N-methyl/N-ethyl adjacent to an activating group) is 1. The molecule has 2 rings (SSSR count). The third kappa shape index (κ3) is 3.47. The maximum atomic E-state index is 12.2. The first-order chi connectivity index (χ1) is 10.1. The Bertz CT molecular complexity index is 562. The number of carbonyl (C=O) groups excluding carboxylic acids is 1. The molecule has 0 spiro atoms. The fraction of sp³-hybridized carbons (Fsp3) is 0.375. The molecule has 1 aromatic carbocycles. The molecule has 0 bridgehead atoms. The fourth-order valence-electron chi connectivity index (χ4n) is 2.29. The van der Waals surface area contributed by atoms with Crippen molar-refractivity contribution in [3.05, 3.63) is 34.7 Å². The first-order valence-electron chi connectivity index (χ1n) is 7.21. The number of hydrogen-bond acceptors (Lipinski definition) is 4. The van der Waals surface area contributed by atoms with E-state index in [0.717, 1.165) is 18.7 Å². The molecule has 0 radical (unpaired) electrons. The third-order valence-electron chi connectivity index (χ3n) is 3.51. The molecule has 0 aliphatic carbocycles. The molecular weight excluding hydrogens is 300 g/mol. The van der Waals surface area contributed by atoms with Gasteiger partial charge in [0.05, 0.1) is 4.91 Å². The topological polar surface area (TPSA) is 23.6 Å². The monoisotopic (exact) mass is 320 g/mol. The van der Waals surface area contributed by atoms with E-state index in [1.54, 1.807) is 4.90 Å². The van der Waals surface area contributed by atoms with Crippen molar-refractivity contribution in [1.82, 2.24) is 4.90 Å². The van der Waals surface area contributed by atoms with Gasteiger partial charge in [-0.2, -0.15) is 0 Å². The van der Waals surface area contributed by atoms with Crippen LogP contribution in [0.25, 0.3) is 6.08 Å².